The molecule has 0 fully saturated rings. The smallest absolute Gasteiger partial charge is 0.0468 e. The van der Waals surface area contributed by atoms with Crippen LogP contribution in [-0.4, -0.2) is 0 Å². The zero-order chi connectivity index (χ0) is 32.4. The lowest BCUT2D eigenvalue weighted by molar-refractivity contribution is 0.660. The summed E-state index contributed by atoms with van der Waals surface area (Å²) in [7, 11) is 0. The van der Waals surface area contributed by atoms with Crippen LogP contribution in [0.5, 0.6) is 0 Å². The van der Waals surface area contributed by atoms with E-state index < -0.39 is 0 Å². The van der Waals surface area contributed by atoms with E-state index in [4.69, 9.17) is 0 Å². The fraction of sp³-hybridized carbons (Fsp3) is 0.130. The molecule has 0 saturated carbocycles. The van der Waals surface area contributed by atoms with Crippen LogP contribution in [0.15, 0.2) is 140 Å². The first kappa shape index (κ1) is 27.9. The predicted octanol–water partition coefficient (Wildman–Crippen LogP) is 13.3. The molecule has 1 aromatic heterocycles. The minimum absolute atomic E-state index is 0.0323. The maximum absolute atomic E-state index is 2.48. The van der Waals surface area contributed by atoms with Gasteiger partial charge >= 0.3 is 0 Å². The average molecular weight is 634 g/mol. The van der Waals surface area contributed by atoms with Crippen LogP contribution >= 0.6 is 11.3 Å². The number of anilines is 3. The minimum atomic E-state index is -0.0740. The first-order chi connectivity index (χ1) is 23.3. The molecule has 0 saturated heterocycles. The molecular formula is C46H35NS. The second kappa shape index (κ2) is 9.69. The van der Waals surface area contributed by atoms with Crippen molar-refractivity contribution in [2.45, 2.75) is 38.5 Å². The molecular weight excluding hydrogens is 599 g/mol. The molecule has 0 bridgehead atoms. The Kier molecular flexibility index (Phi) is 5.63. The molecule has 0 radical (unpaired) electrons. The number of hydrogen-bond donors (Lipinski definition) is 0. The highest BCUT2D eigenvalue weighted by Crippen LogP contribution is 2.54. The second-order valence-electron chi connectivity index (χ2n) is 14.6. The molecule has 2 aliphatic rings. The van der Waals surface area contributed by atoms with Gasteiger partial charge in [0.25, 0.3) is 0 Å². The van der Waals surface area contributed by atoms with Gasteiger partial charge in [-0.25, -0.2) is 0 Å². The Balaban J connectivity index is 1.22. The topological polar surface area (TPSA) is 3.24 Å². The summed E-state index contributed by atoms with van der Waals surface area (Å²) in [6.07, 6.45) is 0. The van der Waals surface area contributed by atoms with E-state index in [1.807, 2.05) is 11.3 Å². The largest absolute Gasteiger partial charge is 0.310 e. The Labute approximate surface area is 285 Å². The van der Waals surface area contributed by atoms with Crippen LogP contribution in [-0.2, 0) is 10.8 Å². The van der Waals surface area contributed by atoms with Crippen LogP contribution in [0.2, 0.25) is 0 Å². The van der Waals surface area contributed by atoms with E-state index in [0.29, 0.717) is 0 Å². The van der Waals surface area contributed by atoms with Crippen LogP contribution in [0, 0.1) is 0 Å². The number of benzene rings is 7. The minimum Gasteiger partial charge on any atom is -0.310 e. The lowest BCUT2D eigenvalue weighted by Crippen LogP contribution is -2.16. The van der Waals surface area contributed by atoms with Crippen molar-refractivity contribution in [3.63, 3.8) is 0 Å². The van der Waals surface area contributed by atoms with E-state index in [0.717, 1.165) is 0 Å². The molecule has 0 unspecified atom stereocenters. The molecule has 7 aromatic carbocycles. The summed E-state index contributed by atoms with van der Waals surface area (Å²) in [6.45, 7) is 9.46. The number of hydrogen-bond acceptors (Lipinski definition) is 2. The number of rotatable bonds is 3. The van der Waals surface area contributed by atoms with Gasteiger partial charge in [-0.1, -0.05) is 107 Å². The zero-order valence-electron chi connectivity index (χ0n) is 27.6. The third-order valence-electron chi connectivity index (χ3n) is 11.2. The Morgan fingerprint density at radius 3 is 1.69 bits per heavy atom. The molecule has 48 heavy (non-hydrogen) atoms. The van der Waals surface area contributed by atoms with E-state index >= 15 is 0 Å². The summed E-state index contributed by atoms with van der Waals surface area (Å²) in [6, 6.07) is 52.6. The molecule has 0 N–H and O–H groups in total. The van der Waals surface area contributed by atoms with Crippen molar-refractivity contribution in [2.75, 3.05) is 4.90 Å². The van der Waals surface area contributed by atoms with Gasteiger partial charge in [-0.3, -0.25) is 0 Å². The van der Waals surface area contributed by atoms with E-state index in [9.17, 15) is 0 Å². The molecule has 0 spiro atoms. The number of fused-ring (bicyclic) bond motifs is 10. The van der Waals surface area contributed by atoms with Crippen molar-refractivity contribution >= 4 is 59.3 Å². The summed E-state index contributed by atoms with van der Waals surface area (Å²) < 4.78 is 2.65. The molecule has 10 rings (SSSR count). The van der Waals surface area contributed by atoms with Gasteiger partial charge in [0.2, 0.25) is 0 Å². The molecule has 0 amide bonds. The summed E-state index contributed by atoms with van der Waals surface area (Å²) in [5.74, 6) is 0. The maximum atomic E-state index is 2.48. The molecule has 0 atom stereocenters. The third kappa shape index (κ3) is 3.78. The van der Waals surface area contributed by atoms with Crippen LogP contribution in [0.3, 0.4) is 0 Å². The van der Waals surface area contributed by atoms with Crippen molar-refractivity contribution in [1.82, 2.24) is 0 Å². The highest BCUT2D eigenvalue weighted by Gasteiger charge is 2.37. The van der Waals surface area contributed by atoms with Crippen molar-refractivity contribution in [2.24, 2.45) is 0 Å². The maximum Gasteiger partial charge on any atom is 0.0468 e. The van der Waals surface area contributed by atoms with Gasteiger partial charge in [0.1, 0.15) is 0 Å². The van der Waals surface area contributed by atoms with Gasteiger partial charge in [-0.05, 0) is 116 Å². The van der Waals surface area contributed by atoms with Crippen LogP contribution in [0.1, 0.15) is 49.9 Å². The van der Waals surface area contributed by atoms with Crippen molar-refractivity contribution in [1.29, 1.82) is 0 Å². The second-order valence-corrected chi connectivity index (χ2v) is 15.7. The van der Waals surface area contributed by atoms with Crippen LogP contribution in [0.4, 0.5) is 17.1 Å². The Bertz CT molecular complexity index is 2630. The normalized spacial score (nSPS) is 15.0. The summed E-state index contributed by atoms with van der Waals surface area (Å²) in [5.41, 5.74) is 14.4. The quantitative estimate of drug-likeness (QED) is 0.187. The predicted molar refractivity (Wildman–Crippen MR) is 207 cm³/mol. The summed E-state index contributed by atoms with van der Waals surface area (Å²) in [4.78, 5) is 2.48. The molecule has 0 aliphatic heterocycles. The Hall–Kier alpha value is -5.18. The first-order valence-corrected chi connectivity index (χ1v) is 17.7. The summed E-state index contributed by atoms with van der Waals surface area (Å²) in [5, 5.41) is 5.22. The molecule has 8 aromatic rings. The van der Waals surface area contributed by atoms with E-state index in [1.54, 1.807) is 0 Å². The highest BCUT2D eigenvalue weighted by molar-refractivity contribution is 7.25. The van der Waals surface area contributed by atoms with Gasteiger partial charge in [0, 0.05) is 48.1 Å². The molecule has 1 nitrogen and oxygen atoms in total. The monoisotopic (exact) mass is 633 g/mol. The average Bonchev–Trinajstić information content (AvgIpc) is 3.67. The first-order valence-electron chi connectivity index (χ1n) is 16.9. The standard InChI is InChI=1S/C46H35NS/c1-45(2)39-15-9-7-13-33(39)36-25-30(17-20-40(36)45)47(32-19-22-44-38(27-32)34-14-8-10-16-43(34)48-44)31-18-21-41-37(26-31)35-23-28-11-5-6-12-29(28)24-42(35)46(41,3)4/h5-27H,1-4H3. The number of nitrogens with zero attached hydrogens (tertiary/aromatic N) is 1. The van der Waals surface area contributed by atoms with Crippen molar-refractivity contribution < 1.29 is 0 Å². The van der Waals surface area contributed by atoms with Crippen molar-refractivity contribution in [3.8, 4) is 22.3 Å². The van der Waals surface area contributed by atoms with Gasteiger partial charge in [-0.15, -0.1) is 11.3 Å². The van der Waals surface area contributed by atoms with Gasteiger partial charge in [0.05, 0.1) is 0 Å². The lowest BCUT2D eigenvalue weighted by Gasteiger charge is -2.28. The zero-order valence-corrected chi connectivity index (χ0v) is 28.5. The third-order valence-corrected chi connectivity index (χ3v) is 12.4. The SMILES string of the molecule is CC1(C)c2ccccc2-c2cc(N(c3ccc4c(c3)-c3cc5ccccc5cc3C4(C)C)c3ccc4sc5ccccc5c4c3)ccc21. The van der Waals surface area contributed by atoms with Gasteiger partial charge in [0.15, 0.2) is 0 Å². The van der Waals surface area contributed by atoms with E-state index in [2.05, 4.69) is 172 Å². The highest BCUT2D eigenvalue weighted by atomic mass is 32.1. The lowest BCUT2D eigenvalue weighted by atomic mass is 9.82. The number of thiophene rings is 1. The van der Waals surface area contributed by atoms with Crippen LogP contribution in [0.25, 0.3) is 53.2 Å². The van der Waals surface area contributed by atoms with Gasteiger partial charge in [-0.2, -0.15) is 0 Å². The van der Waals surface area contributed by atoms with Gasteiger partial charge < -0.3 is 4.90 Å². The van der Waals surface area contributed by atoms with Crippen molar-refractivity contribution in [3.05, 3.63) is 162 Å². The fourth-order valence-corrected chi connectivity index (χ4v) is 9.80. The molecule has 230 valence electrons. The summed E-state index contributed by atoms with van der Waals surface area (Å²) >= 11 is 1.87. The molecule has 1 heterocycles. The Morgan fingerprint density at radius 1 is 0.396 bits per heavy atom. The fourth-order valence-electron chi connectivity index (χ4n) is 8.71. The Morgan fingerprint density at radius 2 is 0.917 bits per heavy atom. The van der Waals surface area contributed by atoms with Crippen LogP contribution < -0.4 is 4.90 Å². The van der Waals surface area contributed by atoms with E-state index in [-0.39, 0.29) is 10.8 Å². The van der Waals surface area contributed by atoms with E-state index in [1.165, 1.54) is 92.5 Å². The molecule has 2 heteroatoms. The molecule has 2 aliphatic carbocycles.